The van der Waals surface area contributed by atoms with E-state index in [4.69, 9.17) is 0 Å². The van der Waals surface area contributed by atoms with Crippen molar-refractivity contribution in [2.24, 2.45) is 34.5 Å². The molecule has 4 fully saturated rings. The Balaban J connectivity index is 1.34. The second kappa shape index (κ2) is 11.7. The Labute approximate surface area is 225 Å². The first-order valence-corrected chi connectivity index (χ1v) is 14.7. The number of rotatable bonds is 11. The van der Waals surface area contributed by atoms with Crippen LogP contribution < -0.4 is 5.32 Å². The van der Waals surface area contributed by atoms with Crippen molar-refractivity contribution in [2.45, 2.75) is 85.5 Å². The van der Waals surface area contributed by atoms with E-state index in [-0.39, 0.29) is 17.4 Å². The van der Waals surface area contributed by atoms with Crippen LogP contribution >= 0.6 is 0 Å². The molecule has 0 aromatic carbocycles. The number of nitrogens with zero attached hydrogens (tertiary/aromatic N) is 3. The van der Waals surface area contributed by atoms with E-state index >= 15 is 0 Å². The molecular weight excluding hydrogens is 460 g/mol. The van der Waals surface area contributed by atoms with E-state index in [0.717, 1.165) is 37.1 Å². The van der Waals surface area contributed by atoms with Crippen LogP contribution in [0.4, 0.5) is 4.79 Å². The van der Waals surface area contributed by atoms with E-state index in [1.54, 1.807) is 0 Å². The number of amides is 3. The SMILES string of the molecule is CC(CNC(=O)N(CCN(C)C(=O)CC(C)(C)C)CCC12CC3CC(CC(C3)C1)C2)Cc1ccncc1. The molecule has 3 amide bonds. The molecule has 1 heterocycles. The fraction of sp³-hybridized carbons (Fsp3) is 0.774. The first-order valence-electron chi connectivity index (χ1n) is 14.7. The first kappa shape index (κ1) is 27.9. The van der Waals surface area contributed by atoms with E-state index in [0.29, 0.717) is 37.4 Å². The third-order valence-corrected chi connectivity index (χ3v) is 9.11. The lowest BCUT2D eigenvalue weighted by Crippen LogP contribution is -2.50. The van der Waals surface area contributed by atoms with E-state index in [1.807, 2.05) is 41.4 Å². The number of pyridine rings is 1. The molecule has 4 aliphatic carbocycles. The normalized spacial score (nSPS) is 27.1. The Morgan fingerprint density at radius 2 is 1.62 bits per heavy atom. The van der Waals surface area contributed by atoms with Gasteiger partial charge in [-0.1, -0.05) is 27.7 Å². The van der Waals surface area contributed by atoms with Gasteiger partial charge in [-0.2, -0.15) is 0 Å². The van der Waals surface area contributed by atoms with Gasteiger partial charge in [-0.25, -0.2) is 4.79 Å². The van der Waals surface area contributed by atoms with Crippen LogP contribution in [-0.4, -0.2) is 59.9 Å². The number of carbonyl (C=O) groups is 2. The van der Waals surface area contributed by atoms with Crippen molar-refractivity contribution >= 4 is 11.9 Å². The van der Waals surface area contributed by atoms with Gasteiger partial charge < -0.3 is 15.1 Å². The van der Waals surface area contributed by atoms with Gasteiger partial charge in [0.25, 0.3) is 0 Å². The van der Waals surface area contributed by atoms with Crippen LogP contribution in [0, 0.1) is 34.5 Å². The molecule has 4 bridgehead atoms. The Morgan fingerprint density at radius 1 is 1.03 bits per heavy atom. The summed E-state index contributed by atoms with van der Waals surface area (Å²) in [5.41, 5.74) is 1.65. The highest BCUT2D eigenvalue weighted by atomic mass is 16.2. The third-order valence-electron chi connectivity index (χ3n) is 9.11. The van der Waals surface area contributed by atoms with Crippen molar-refractivity contribution in [2.75, 3.05) is 33.2 Å². The Morgan fingerprint density at radius 3 is 2.19 bits per heavy atom. The Hall–Kier alpha value is -2.11. The Kier molecular flexibility index (Phi) is 8.85. The molecule has 0 aliphatic heterocycles. The van der Waals surface area contributed by atoms with Gasteiger partial charge in [0.15, 0.2) is 0 Å². The topological polar surface area (TPSA) is 65.5 Å². The average molecular weight is 511 g/mol. The second-order valence-electron chi connectivity index (χ2n) is 14.1. The van der Waals surface area contributed by atoms with Gasteiger partial charge in [-0.3, -0.25) is 9.78 Å². The van der Waals surface area contributed by atoms with Gasteiger partial charge in [0, 0.05) is 52.0 Å². The lowest BCUT2D eigenvalue weighted by Gasteiger charge is -2.57. The van der Waals surface area contributed by atoms with E-state index in [1.165, 1.54) is 44.1 Å². The lowest BCUT2D eigenvalue weighted by atomic mass is 9.49. The summed E-state index contributed by atoms with van der Waals surface area (Å²) < 4.78 is 0. The molecule has 0 radical (unpaired) electrons. The zero-order valence-corrected chi connectivity index (χ0v) is 24.0. The summed E-state index contributed by atoms with van der Waals surface area (Å²) in [4.78, 5) is 34.1. The molecule has 1 unspecified atom stereocenters. The number of likely N-dealkylation sites (N-methyl/N-ethyl adjacent to an activating group) is 1. The second-order valence-corrected chi connectivity index (χ2v) is 14.1. The zero-order chi connectivity index (χ0) is 26.6. The summed E-state index contributed by atoms with van der Waals surface area (Å²) in [5.74, 6) is 3.25. The smallest absolute Gasteiger partial charge is 0.317 e. The highest BCUT2D eigenvalue weighted by Crippen LogP contribution is 2.61. The third kappa shape index (κ3) is 7.94. The van der Waals surface area contributed by atoms with Crippen LogP contribution in [0.3, 0.4) is 0 Å². The first-order chi connectivity index (χ1) is 17.5. The molecule has 1 aromatic heterocycles. The monoisotopic (exact) mass is 510 g/mol. The maximum Gasteiger partial charge on any atom is 0.317 e. The van der Waals surface area contributed by atoms with Gasteiger partial charge in [0.05, 0.1) is 0 Å². The summed E-state index contributed by atoms with van der Waals surface area (Å²) in [6.45, 7) is 11.1. The van der Waals surface area contributed by atoms with Crippen molar-refractivity contribution in [1.82, 2.24) is 20.1 Å². The maximum atomic E-state index is 13.4. The van der Waals surface area contributed by atoms with Crippen molar-refractivity contribution in [3.63, 3.8) is 0 Å². The molecule has 1 N–H and O–H groups in total. The molecule has 0 spiro atoms. The molecule has 5 rings (SSSR count). The summed E-state index contributed by atoms with van der Waals surface area (Å²) >= 11 is 0. The van der Waals surface area contributed by atoms with Gasteiger partial charge >= 0.3 is 6.03 Å². The van der Waals surface area contributed by atoms with Crippen LogP contribution in [0.1, 0.15) is 84.6 Å². The maximum absolute atomic E-state index is 13.4. The fourth-order valence-corrected chi connectivity index (χ4v) is 7.63. The molecule has 1 atom stereocenters. The number of hydrogen-bond acceptors (Lipinski definition) is 3. The van der Waals surface area contributed by atoms with Gasteiger partial charge in [-0.15, -0.1) is 0 Å². The quantitative estimate of drug-likeness (QED) is 0.411. The minimum absolute atomic E-state index is 0.0166. The molecule has 37 heavy (non-hydrogen) atoms. The minimum atomic E-state index is -0.0358. The standard InChI is InChI=1S/C31H50N4O2/c1-23(14-24-6-9-32-10-7-24)22-33-29(37)35(13-12-34(5)28(36)21-30(2,3)4)11-8-31-18-25-15-26(19-31)17-27(16-25)20-31/h6-7,9-10,23,25-27H,8,11-22H2,1-5H3,(H,33,37). The molecule has 1 aromatic rings. The summed E-state index contributed by atoms with van der Waals surface area (Å²) in [5, 5.41) is 3.22. The minimum Gasteiger partial charge on any atom is -0.344 e. The highest BCUT2D eigenvalue weighted by Gasteiger charge is 2.50. The van der Waals surface area contributed by atoms with Crippen LogP contribution in [0.25, 0.3) is 0 Å². The van der Waals surface area contributed by atoms with Gasteiger partial charge in [0.2, 0.25) is 5.91 Å². The Bertz CT molecular complexity index is 874. The van der Waals surface area contributed by atoms with Crippen LogP contribution in [0.5, 0.6) is 0 Å². The predicted octanol–water partition coefficient (Wildman–Crippen LogP) is 5.77. The van der Waals surface area contributed by atoms with Crippen LogP contribution in [0.2, 0.25) is 0 Å². The number of aromatic nitrogens is 1. The lowest BCUT2D eigenvalue weighted by molar-refractivity contribution is -0.131. The van der Waals surface area contributed by atoms with Crippen molar-refractivity contribution in [1.29, 1.82) is 0 Å². The number of nitrogens with one attached hydrogen (secondary N) is 1. The van der Waals surface area contributed by atoms with Crippen molar-refractivity contribution in [3.8, 4) is 0 Å². The van der Waals surface area contributed by atoms with E-state index in [9.17, 15) is 9.59 Å². The van der Waals surface area contributed by atoms with Crippen LogP contribution in [0.15, 0.2) is 24.5 Å². The fourth-order valence-electron chi connectivity index (χ4n) is 7.63. The number of urea groups is 1. The summed E-state index contributed by atoms with van der Waals surface area (Å²) in [6, 6.07) is 4.10. The molecule has 4 aliphatic rings. The molecule has 4 saturated carbocycles. The molecule has 206 valence electrons. The van der Waals surface area contributed by atoms with Gasteiger partial charge in [0.1, 0.15) is 0 Å². The van der Waals surface area contributed by atoms with Crippen LogP contribution in [-0.2, 0) is 11.2 Å². The molecule has 0 saturated heterocycles. The average Bonchev–Trinajstić information content (AvgIpc) is 2.81. The summed E-state index contributed by atoms with van der Waals surface area (Å²) in [6.07, 6.45) is 14.6. The van der Waals surface area contributed by atoms with Gasteiger partial charge in [-0.05, 0) is 104 Å². The van der Waals surface area contributed by atoms with Crippen molar-refractivity contribution in [3.05, 3.63) is 30.1 Å². The highest BCUT2D eigenvalue weighted by molar-refractivity contribution is 5.77. The molecular formula is C31H50N4O2. The predicted molar refractivity (Wildman–Crippen MR) is 149 cm³/mol. The zero-order valence-electron chi connectivity index (χ0n) is 24.0. The number of carbonyl (C=O) groups excluding carboxylic acids is 2. The molecule has 6 nitrogen and oxygen atoms in total. The largest absolute Gasteiger partial charge is 0.344 e. The van der Waals surface area contributed by atoms with Crippen molar-refractivity contribution < 1.29 is 9.59 Å². The van der Waals surface area contributed by atoms with E-state index in [2.05, 4.69) is 38.0 Å². The molecule has 6 heteroatoms. The van der Waals surface area contributed by atoms with E-state index < -0.39 is 0 Å². The number of hydrogen-bond donors (Lipinski definition) is 1. The summed E-state index contributed by atoms with van der Waals surface area (Å²) in [7, 11) is 1.88.